The minimum Gasteiger partial charge on any atom is -0.462 e. The number of carbonyl (C=O) groups is 1. The SMILES string of the molecule is CCCOC(=O)c1ccc(-c2nc3c(Br)c(N)c(C)cc3[nH]2)cc1. The van der Waals surface area contributed by atoms with Crippen molar-refractivity contribution in [1.29, 1.82) is 0 Å². The number of hydrogen-bond donors (Lipinski definition) is 2. The molecule has 0 aliphatic carbocycles. The number of nitrogens with zero attached hydrogens (tertiary/aromatic N) is 1. The molecule has 0 atom stereocenters. The molecule has 0 aliphatic rings. The monoisotopic (exact) mass is 387 g/mol. The summed E-state index contributed by atoms with van der Waals surface area (Å²) in [4.78, 5) is 19.7. The van der Waals surface area contributed by atoms with Gasteiger partial charge in [0.05, 0.1) is 27.8 Å². The zero-order chi connectivity index (χ0) is 17.3. The van der Waals surface area contributed by atoms with Crippen LogP contribution in [0.15, 0.2) is 34.8 Å². The Balaban J connectivity index is 1.93. The Bertz CT molecular complexity index is 901. The highest BCUT2D eigenvalue weighted by Gasteiger charge is 2.13. The third-order valence-corrected chi connectivity index (χ3v) is 4.60. The molecule has 124 valence electrons. The molecule has 6 heteroatoms. The van der Waals surface area contributed by atoms with Gasteiger partial charge in [-0.25, -0.2) is 9.78 Å². The quantitative estimate of drug-likeness (QED) is 0.511. The smallest absolute Gasteiger partial charge is 0.338 e. The molecule has 0 fully saturated rings. The van der Waals surface area contributed by atoms with Gasteiger partial charge in [0.1, 0.15) is 11.3 Å². The third kappa shape index (κ3) is 3.01. The number of H-pyrrole nitrogens is 1. The largest absolute Gasteiger partial charge is 0.462 e. The number of benzene rings is 2. The number of carbonyl (C=O) groups excluding carboxylic acids is 1. The van der Waals surface area contributed by atoms with E-state index in [4.69, 9.17) is 10.5 Å². The number of ether oxygens (including phenoxy) is 1. The topological polar surface area (TPSA) is 81.0 Å². The van der Waals surface area contributed by atoms with E-state index in [0.29, 0.717) is 17.9 Å². The maximum Gasteiger partial charge on any atom is 0.338 e. The van der Waals surface area contributed by atoms with E-state index in [9.17, 15) is 4.79 Å². The maximum absolute atomic E-state index is 11.8. The van der Waals surface area contributed by atoms with Crippen molar-refractivity contribution >= 4 is 38.6 Å². The van der Waals surface area contributed by atoms with Crippen molar-refractivity contribution < 1.29 is 9.53 Å². The molecule has 0 radical (unpaired) electrons. The van der Waals surface area contributed by atoms with Crippen LogP contribution in [0, 0.1) is 6.92 Å². The number of rotatable bonds is 4. The van der Waals surface area contributed by atoms with Crippen LogP contribution in [0.25, 0.3) is 22.4 Å². The van der Waals surface area contributed by atoms with E-state index in [1.165, 1.54) is 0 Å². The molecule has 0 bridgehead atoms. The number of anilines is 1. The first kappa shape index (κ1) is 16.5. The van der Waals surface area contributed by atoms with Crippen LogP contribution >= 0.6 is 15.9 Å². The molecule has 3 rings (SSSR count). The van der Waals surface area contributed by atoms with Gasteiger partial charge >= 0.3 is 5.97 Å². The molecule has 0 spiro atoms. The molecule has 1 aromatic heterocycles. The van der Waals surface area contributed by atoms with Gasteiger partial charge in [0, 0.05) is 5.56 Å². The Kier molecular flexibility index (Phi) is 4.57. The summed E-state index contributed by atoms with van der Waals surface area (Å²) in [7, 11) is 0. The Morgan fingerprint density at radius 3 is 2.71 bits per heavy atom. The van der Waals surface area contributed by atoms with Crippen LogP contribution in [0.1, 0.15) is 29.3 Å². The van der Waals surface area contributed by atoms with Gasteiger partial charge in [-0.05, 0) is 53.0 Å². The van der Waals surface area contributed by atoms with Gasteiger partial charge in [0.25, 0.3) is 0 Å². The van der Waals surface area contributed by atoms with Gasteiger partial charge < -0.3 is 15.5 Å². The number of esters is 1. The number of aromatic amines is 1. The van der Waals surface area contributed by atoms with Gasteiger partial charge in [0.2, 0.25) is 0 Å². The van der Waals surface area contributed by atoms with Crippen molar-refractivity contribution in [3.8, 4) is 11.4 Å². The molecule has 0 aliphatic heterocycles. The molecule has 1 heterocycles. The maximum atomic E-state index is 11.8. The van der Waals surface area contributed by atoms with Gasteiger partial charge in [-0.2, -0.15) is 0 Å². The van der Waals surface area contributed by atoms with E-state index >= 15 is 0 Å². The predicted octanol–water partition coefficient (Wildman–Crippen LogP) is 4.45. The number of fused-ring (bicyclic) bond motifs is 1. The molecule has 24 heavy (non-hydrogen) atoms. The lowest BCUT2D eigenvalue weighted by atomic mass is 10.1. The van der Waals surface area contributed by atoms with E-state index in [0.717, 1.165) is 38.9 Å². The molecule has 5 nitrogen and oxygen atoms in total. The standard InChI is InChI=1S/C18H18BrN3O2/c1-3-8-24-18(23)12-6-4-11(5-7-12)17-21-13-9-10(2)15(20)14(19)16(13)22-17/h4-7,9H,3,8,20H2,1-2H3,(H,21,22). The number of halogens is 1. The summed E-state index contributed by atoms with van der Waals surface area (Å²) in [6.45, 7) is 4.35. The third-order valence-electron chi connectivity index (χ3n) is 3.79. The molecular weight excluding hydrogens is 370 g/mol. The van der Waals surface area contributed by atoms with Crippen LogP contribution in [0.2, 0.25) is 0 Å². The fourth-order valence-electron chi connectivity index (χ4n) is 2.43. The van der Waals surface area contributed by atoms with Crippen molar-refractivity contribution in [3.05, 3.63) is 45.9 Å². The Labute approximate surface area is 148 Å². The lowest BCUT2D eigenvalue weighted by Gasteiger charge is -2.03. The molecule has 0 unspecified atom stereocenters. The second kappa shape index (κ2) is 6.65. The summed E-state index contributed by atoms with van der Waals surface area (Å²) in [6.07, 6.45) is 0.806. The van der Waals surface area contributed by atoms with Crippen LogP contribution in [-0.2, 0) is 4.74 Å². The fraction of sp³-hybridized carbons (Fsp3) is 0.222. The van der Waals surface area contributed by atoms with Crippen molar-refractivity contribution in [2.24, 2.45) is 0 Å². The van der Waals surface area contributed by atoms with Crippen molar-refractivity contribution in [1.82, 2.24) is 9.97 Å². The number of nitrogens with two attached hydrogens (primary N) is 1. The molecule has 3 aromatic rings. The summed E-state index contributed by atoms with van der Waals surface area (Å²) in [5, 5.41) is 0. The van der Waals surface area contributed by atoms with E-state index in [-0.39, 0.29) is 5.97 Å². The zero-order valence-corrected chi connectivity index (χ0v) is 15.1. The molecule has 0 amide bonds. The van der Waals surface area contributed by atoms with Crippen molar-refractivity contribution in [3.63, 3.8) is 0 Å². The van der Waals surface area contributed by atoms with Crippen LogP contribution in [0.4, 0.5) is 5.69 Å². The van der Waals surface area contributed by atoms with Crippen LogP contribution in [0.3, 0.4) is 0 Å². The fourth-order valence-corrected chi connectivity index (χ4v) is 3.05. The van der Waals surface area contributed by atoms with E-state index in [1.54, 1.807) is 12.1 Å². The number of hydrogen-bond acceptors (Lipinski definition) is 4. The van der Waals surface area contributed by atoms with E-state index < -0.39 is 0 Å². The Hall–Kier alpha value is -2.34. The highest BCUT2D eigenvalue weighted by atomic mass is 79.9. The van der Waals surface area contributed by atoms with Crippen LogP contribution in [-0.4, -0.2) is 22.5 Å². The van der Waals surface area contributed by atoms with Crippen molar-refractivity contribution in [2.45, 2.75) is 20.3 Å². The second-order valence-corrected chi connectivity index (χ2v) is 6.41. The lowest BCUT2D eigenvalue weighted by molar-refractivity contribution is 0.0505. The number of nitrogen functional groups attached to an aromatic ring is 1. The summed E-state index contributed by atoms with van der Waals surface area (Å²) in [5.74, 6) is 0.420. The summed E-state index contributed by atoms with van der Waals surface area (Å²) in [5.41, 5.74) is 10.8. The zero-order valence-electron chi connectivity index (χ0n) is 13.5. The van der Waals surface area contributed by atoms with Gasteiger partial charge in [0.15, 0.2) is 0 Å². The molecular formula is C18H18BrN3O2. The average molecular weight is 388 g/mol. The summed E-state index contributed by atoms with van der Waals surface area (Å²) >= 11 is 3.50. The van der Waals surface area contributed by atoms with Crippen molar-refractivity contribution in [2.75, 3.05) is 12.3 Å². The first-order chi connectivity index (χ1) is 11.5. The first-order valence-corrected chi connectivity index (χ1v) is 8.52. The van der Waals surface area contributed by atoms with E-state index in [1.807, 2.05) is 32.0 Å². The number of nitrogens with one attached hydrogen (secondary N) is 1. The minimum absolute atomic E-state index is 0.306. The summed E-state index contributed by atoms with van der Waals surface area (Å²) in [6, 6.07) is 9.17. The molecule has 2 aromatic carbocycles. The predicted molar refractivity (Wildman–Crippen MR) is 99.0 cm³/mol. The summed E-state index contributed by atoms with van der Waals surface area (Å²) < 4.78 is 5.92. The minimum atomic E-state index is -0.306. The first-order valence-electron chi connectivity index (χ1n) is 7.73. The van der Waals surface area contributed by atoms with Crippen LogP contribution < -0.4 is 5.73 Å². The molecule has 0 saturated carbocycles. The average Bonchev–Trinajstić information content (AvgIpc) is 3.02. The number of aromatic nitrogens is 2. The van der Waals surface area contributed by atoms with Gasteiger partial charge in [-0.1, -0.05) is 19.1 Å². The number of aryl methyl sites for hydroxylation is 1. The highest BCUT2D eigenvalue weighted by Crippen LogP contribution is 2.32. The lowest BCUT2D eigenvalue weighted by Crippen LogP contribution is -2.05. The van der Waals surface area contributed by atoms with E-state index in [2.05, 4.69) is 25.9 Å². The normalized spacial score (nSPS) is 11.0. The molecule has 3 N–H and O–H groups in total. The Morgan fingerprint density at radius 2 is 2.04 bits per heavy atom. The highest BCUT2D eigenvalue weighted by molar-refractivity contribution is 9.10. The molecule has 0 saturated heterocycles. The van der Waals surface area contributed by atoms with Crippen LogP contribution in [0.5, 0.6) is 0 Å². The second-order valence-electron chi connectivity index (χ2n) is 5.62. The number of imidazole rings is 1. The van der Waals surface area contributed by atoms with Gasteiger partial charge in [-0.15, -0.1) is 0 Å². The van der Waals surface area contributed by atoms with Gasteiger partial charge in [-0.3, -0.25) is 0 Å². The Morgan fingerprint density at radius 1 is 1.33 bits per heavy atom.